The summed E-state index contributed by atoms with van der Waals surface area (Å²) in [4.78, 5) is 6.43. The highest BCUT2D eigenvalue weighted by Gasteiger charge is 2.29. The van der Waals surface area contributed by atoms with Gasteiger partial charge in [-0.25, -0.2) is 0 Å². The number of hydrogen-bond donors (Lipinski definition) is 1. The summed E-state index contributed by atoms with van der Waals surface area (Å²) in [7, 11) is 3.99. The van der Waals surface area contributed by atoms with Crippen molar-refractivity contribution in [2.75, 3.05) is 20.6 Å². The molecule has 0 bridgehead atoms. The van der Waals surface area contributed by atoms with E-state index in [9.17, 15) is 0 Å². The van der Waals surface area contributed by atoms with Gasteiger partial charge in [-0.15, -0.1) is 0 Å². The maximum Gasteiger partial charge on any atom is 0.244 e. The lowest BCUT2D eigenvalue weighted by Crippen LogP contribution is -2.17. The first-order valence-corrected chi connectivity index (χ1v) is 5.37. The van der Waals surface area contributed by atoms with Gasteiger partial charge in [0.05, 0.1) is 12.6 Å². The Balaban J connectivity index is 2.06. The van der Waals surface area contributed by atoms with E-state index in [2.05, 4.69) is 22.4 Å². The zero-order valence-corrected chi connectivity index (χ0v) is 9.53. The SMILES string of the molecule is CC1CCNC1c1nc(CN(C)C)no1. The van der Waals surface area contributed by atoms with Crippen molar-refractivity contribution in [2.45, 2.75) is 25.9 Å². The Kier molecular flexibility index (Phi) is 3.02. The molecule has 1 N–H and O–H groups in total. The molecule has 0 aromatic carbocycles. The Hall–Kier alpha value is -0.940. The number of aromatic nitrogens is 2. The number of hydrogen-bond acceptors (Lipinski definition) is 5. The van der Waals surface area contributed by atoms with E-state index in [0.717, 1.165) is 24.8 Å². The molecule has 1 aromatic rings. The molecule has 1 aliphatic rings. The van der Waals surface area contributed by atoms with Crippen LogP contribution in [0.25, 0.3) is 0 Å². The van der Waals surface area contributed by atoms with Gasteiger partial charge in [-0.1, -0.05) is 12.1 Å². The average Bonchev–Trinajstić information content (AvgIpc) is 2.72. The van der Waals surface area contributed by atoms with Crippen LogP contribution in [0.3, 0.4) is 0 Å². The Bertz CT molecular complexity index is 323. The zero-order valence-electron chi connectivity index (χ0n) is 9.53. The molecule has 1 aliphatic heterocycles. The average molecular weight is 210 g/mol. The summed E-state index contributed by atoms with van der Waals surface area (Å²) in [6.45, 7) is 3.97. The Morgan fingerprint density at radius 1 is 1.53 bits per heavy atom. The van der Waals surface area contributed by atoms with E-state index in [1.54, 1.807) is 0 Å². The zero-order chi connectivity index (χ0) is 10.8. The van der Waals surface area contributed by atoms with E-state index in [1.165, 1.54) is 6.42 Å². The summed E-state index contributed by atoms with van der Waals surface area (Å²) < 4.78 is 5.27. The molecule has 2 rings (SSSR count). The molecule has 2 unspecified atom stereocenters. The van der Waals surface area contributed by atoms with Crippen molar-refractivity contribution in [2.24, 2.45) is 5.92 Å². The molecule has 2 heterocycles. The number of nitrogens with zero attached hydrogens (tertiary/aromatic N) is 3. The molecule has 84 valence electrons. The van der Waals surface area contributed by atoms with Crippen molar-refractivity contribution in [1.29, 1.82) is 0 Å². The van der Waals surface area contributed by atoms with E-state index in [0.29, 0.717) is 5.92 Å². The van der Waals surface area contributed by atoms with E-state index < -0.39 is 0 Å². The molecular weight excluding hydrogens is 192 g/mol. The summed E-state index contributed by atoms with van der Waals surface area (Å²) >= 11 is 0. The number of rotatable bonds is 3. The molecule has 1 saturated heterocycles. The predicted molar refractivity (Wildman–Crippen MR) is 56.2 cm³/mol. The maximum atomic E-state index is 5.27. The van der Waals surface area contributed by atoms with Crippen molar-refractivity contribution in [3.63, 3.8) is 0 Å². The molecule has 1 aromatic heterocycles. The van der Waals surface area contributed by atoms with Crippen LogP contribution in [0.5, 0.6) is 0 Å². The lowest BCUT2D eigenvalue weighted by molar-refractivity contribution is 0.311. The van der Waals surface area contributed by atoms with Crippen LogP contribution >= 0.6 is 0 Å². The monoisotopic (exact) mass is 210 g/mol. The molecular formula is C10H18N4O. The third kappa shape index (κ3) is 2.35. The minimum atomic E-state index is 0.244. The van der Waals surface area contributed by atoms with E-state index >= 15 is 0 Å². The summed E-state index contributed by atoms with van der Waals surface area (Å²) in [6, 6.07) is 0.244. The van der Waals surface area contributed by atoms with Gasteiger partial charge in [-0.05, 0) is 33.0 Å². The number of nitrogens with one attached hydrogen (secondary N) is 1. The lowest BCUT2D eigenvalue weighted by atomic mass is 10.0. The second-order valence-electron chi connectivity index (χ2n) is 4.48. The summed E-state index contributed by atoms with van der Waals surface area (Å²) in [5, 5.41) is 7.35. The molecule has 5 nitrogen and oxygen atoms in total. The molecule has 2 atom stereocenters. The first-order chi connectivity index (χ1) is 7.16. The van der Waals surface area contributed by atoms with Gasteiger partial charge < -0.3 is 14.7 Å². The quantitative estimate of drug-likeness (QED) is 0.799. The predicted octanol–water partition coefficient (Wildman–Crippen LogP) is 0.802. The Morgan fingerprint density at radius 2 is 2.33 bits per heavy atom. The van der Waals surface area contributed by atoms with Gasteiger partial charge in [0, 0.05) is 0 Å². The van der Waals surface area contributed by atoms with Gasteiger partial charge in [-0.2, -0.15) is 4.98 Å². The third-order valence-corrected chi connectivity index (χ3v) is 2.74. The van der Waals surface area contributed by atoms with Crippen LogP contribution in [0.1, 0.15) is 31.1 Å². The van der Waals surface area contributed by atoms with E-state index in [4.69, 9.17) is 4.52 Å². The first kappa shape index (κ1) is 10.6. The topological polar surface area (TPSA) is 54.2 Å². The van der Waals surface area contributed by atoms with Gasteiger partial charge in [0.25, 0.3) is 0 Å². The molecule has 0 radical (unpaired) electrons. The first-order valence-electron chi connectivity index (χ1n) is 5.37. The van der Waals surface area contributed by atoms with Crippen molar-refractivity contribution in [1.82, 2.24) is 20.4 Å². The highest BCUT2D eigenvalue weighted by molar-refractivity contribution is 4.97. The van der Waals surface area contributed by atoms with Crippen molar-refractivity contribution >= 4 is 0 Å². The molecule has 0 amide bonds. The van der Waals surface area contributed by atoms with E-state index in [-0.39, 0.29) is 6.04 Å². The largest absolute Gasteiger partial charge is 0.338 e. The van der Waals surface area contributed by atoms with Crippen molar-refractivity contribution in [3.8, 4) is 0 Å². The molecule has 1 fully saturated rings. The van der Waals surface area contributed by atoms with E-state index in [1.807, 2.05) is 19.0 Å². The summed E-state index contributed by atoms with van der Waals surface area (Å²) in [6.07, 6.45) is 1.18. The standard InChI is InChI=1S/C10H18N4O/c1-7-4-5-11-9(7)10-12-8(13-15-10)6-14(2)3/h7,9,11H,4-6H2,1-3H3. The van der Waals surface area contributed by atoms with Crippen LogP contribution in [-0.4, -0.2) is 35.7 Å². The highest BCUT2D eigenvalue weighted by Crippen LogP contribution is 2.27. The highest BCUT2D eigenvalue weighted by atomic mass is 16.5. The van der Waals surface area contributed by atoms with Crippen LogP contribution in [0, 0.1) is 5.92 Å². The van der Waals surface area contributed by atoms with Gasteiger partial charge in [0.2, 0.25) is 5.89 Å². The summed E-state index contributed by atoms with van der Waals surface area (Å²) in [5.74, 6) is 2.07. The van der Waals surface area contributed by atoms with Crippen LogP contribution in [0.15, 0.2) is 4.52 Å². The fourth-order valence-corrected chi connectivity index (χ4v) is 1.91. The second kappa shape index (κ2) is 4.28. The van der Waals surface area contributed by atoms with Gasteiger partial charge >= 0.3 is 0 Å². The second-order valence-corrected chi connectivity index (χ2v) is 4.48. The van der Waals surface area contributed by atoms with Crippen molar-refractivity contribution in [3.05, 3.63) is 11.7 Å². The molecule has 15 heavy (non-hydrogen) atoms. The normalized spacial score (nSPS) is 26.4. The maximum absolute atomic E-state index is 5.27. The minimum Gasteiger partial charge on any atom is -0.338 e. The molecule has 0 saturated carbocycles. The smallest absolute Gasteiger partial charge is 0.244 e. The van der Waals surface area contributed by atoms with Crippen LogP contribution in [0.4, 0.5) is 0 Å². The van der Waals surface area contributed by atoms with Crippen molar-refractivity contribution < 1.29 is 4.52 Å². The van der Waals surface area contributed by atoms with Gasteiger partial charge in [-0.3, -0.25) is 0 Å². The third-order valence-electron chi connectivity index (χ3n) is 2.74. The summed E-state index contributed by atoms with van der Waals surface area (Å²) in [5.41, 5.74) is 0. The lowest BCUT2D eigenvalue weighted by Gasteiger charge is -2.09. The van der Waals surface area contributed by atoms with Crippen LogP contribution in [0.2, 0.25) is 0 Å². The Morgan fingerprint density at radius 3 is 2.93 bits per heavy atom. The fraction of sp³-hybridized carbons (Fsp3) is 0.800. The molecule has 0 aliphatic carbocycles. The Labute approximate surface area is 89.8 Å². The van der Waals surface area contributed by atoms with Gasteiger partial charge in [0.15, 0.2) is 5.82 Å². The van der Waals surface area contributed by atoms with Crippen LogP contribution in [-0.2, 0) is 6.54 Å². The fourth-order valence-electron chi connectivity index (χ4n) is 1.91. The van der Waals surface area contributed by atoms with Crippen LogP contribution < -0.4 is 5.32 Å². The van der Waals surface area contributed by atoms with Gasteiger partial charge in [0.1, 0.15) is 0 Å². The molecule has 0 spiro atoms. The minimum absolute atomic E-state index is 0.244. The molecule has 5 heteroatoms.